The molecule has 0 aliphatic carbocycles. The van der Waals surface area contributed by atoms with Gasteiger partial charge in [-0.3, -0.25) is 14.5 Å². The summed E-state index contributed by atoms with van der Waals surface area (Å²) < 4.78 is 0. The first kappa shape index (κ1) is 23.3. The molecular weight excluding hydrogens is 450 g/mol. The molecule has 8 heteroatoms. The van der Waals surface area contributed by atoms with Gasteiger partial charge >= 0.3 is 0 Å². The number of nitrogens with one attached hydrogen (secondary N) is 1. The second kappa shape index (κ2) is 10.3. The Bertz CT molecular complexity index is 1090. The molecule has 2 amide bonds. The minimum absolute atomic E-state index is 0. The SMILES string of the molecule is CSc1ccccc1C(=O)Nc1sc2c(c1C(N)=O)CCN(Cc1ccccc1)C2.Cl. The van der Waals surface area contributed by atoms with Crippen LogP contribution in [0.4, 0.5) is 5.00 Å². The summed E-state index contributed by atoms with van der Waals surface area (Å²) in [5.41, 5.74) is 9.00. The highest BCUT2D eigenvalue weighted by Gasteiger charge is 2.28. The number of thiophene rings is 1. The number of nitrogens with zero attached hydrogens (tertiary/aromatic N) is 1. The van der Waals surface area contributed by atoms with Crippen LogP contribution in [0, 0.1) is 0 Å². The quantitative estimate of drug-likeness (QED) is 0.504. The van der Waals surface area contributed by atoms with Crippen LogP contribution in [0.3, 0.4) is 0 Å². The van der Waals surface area contributed by atoms with Gasteiger partial charge in [-0.2, -0.15) is 0 Å². The summed E-state index contributed by atoms with van der Waals surface area (Å²) in [5, 5.41) is 3.50. The number of amides is 2. The average molecular weight is 474 g/mol. The first-order valence-electron chi connectivity index (χ1n) is 9.71. The summed E-state index contributed by atoms with van der Waals surface area (Å²) in [7, 11) is 0. The van der Waals surface area contributed by atoms with E-state index in [4.69, 9.17) is 5.73 Å². The summed E-state index contributed by atoms with van der Waals surface area (Å²) >= 11 is 2.98. The van der Waals surface area contributed by atoms with Crippen LogP contribution in [-0.4, -0.2) is 29.5 Å². The van der Waals surface area contributed by atoms with Crippen molar-refractivity contribution in [3.63, 3.8) is 0 Å². The van der Waals surface area contributed by atoms with Crippen molar-refractivity contribution in [3.05, 3.63) is 81.7 Å². The molecule has 5 nitrogen and oxygen atoms in total. The zero-order valence-electron chi connectivity index (χ0n) is 17.1. The summed E-state index contributed by atoms with van der Waals surface area (Å²) in [6.45, 7) is 2.45. The molecule has 162 valence electrons. The summed E-state index contributed by atoms with van der Waals surface area (Å²) in [6.07, 6.45) is 2.68. The van der Waals surface area contributed by atoms with Gasteiger partial charge in [-0.15, -0.1) is 35.5 Å². The van der Waals surface area contributed by atoms with Gasteiger partial charge in [0.15, 0.2) is 0 Å². The fourth-order valence-electron chi connectivity index (χ4n) is 3.78. The molecule has 0 atom stereocenters. The smallest absolute Gasteiger partial charge is 0.257 e. The zero-order valence-corrected chi connectivity index (χ0v) is 19.5. The molecule has 0 saturated heterocycles. The van der Waals surface area contributed by atoms with Gasteiger partial charge in [0.25, 0.3) is 11.8 Å². The Morgan fingerprint density at radius 1 is 1.13 bits per heavy atom. The van der Waals surface area contributed by atoms with Crippen LogP contribution in [0.5, 0.6) is 0 Å². The number of fused-ring (bicyclic) bond motifs is 1. The molecule has 0 fully saturated rings. The monoisotopic (exact) mass is 473 g/mol. The van der Waals surface area contributed by atoms with Crippen molar-refractivity contribution >= 4 is 52.3 Å². The van der Waals surface area contributed by atoms with Crippen molar-refractivity contribution in [1.29, 1.82) is 0 Å². The standard InChI is InChI=1S/C23H23N3O2S2.ClH/c1-29-18-10-6-5-9-17(18)22(28)25-23-20(21(24)27)16-11-12-26(14-19(16)30-23)13-15-7-3-2-4-8-15;/h2-10H,11-14H2,1H3,(H2,24,27)(H,25,28);1H. The maximum Gasteiger partial charge on any atom is 0.257 e. The van der Waals surface area contributed by atoms with E-state index in [1.165, 1.54) is 28.7 Å². The minimum atomic E-state index is -0.488. The van der Waals surface area contributed by atoms with Gasteiger partial charge in [0.2, 0.25) is 0 Å². The van der Waals surface area contributed by atoms with Crippen molar-refractivity contribution in [1.82, 2.24) is 4.90 Å². The van der Waals surface area contributed by atoms with Gasteiger partial charge in [-0.25, -0.2) is 0 Å². The first-order chi connectivity index (χ1) is 14.6. The highest BCUT2D eigenvalue weighted by atomic mass is 35.5. The summed E-state index contributed by atoms with van der Waals surface area (Å²) in [6, 6.07) is 17.8. The number of hydrogen-bond acceptors (Lipinski definition) is 5. The third-order valence-electron chi connectivity index (χ3n) is 5.21. The molecule has 0 bridgehead atoms. The highest BCUT2D eigenvalue weighted by molar-refractivity contribution is 7.98. The molecule has 1 aliphatic rings. The molecule has 4 rings (SSSR count). The van der Waals surface area contributed by atoms with Gasteiger partial charge in [-0.05, 0) is 35.9 Å². The Kier molecular flexibility index (Phi) is 7.78. The number of benzene rings is 2. The Labute approximate surface area is 196 Å². The van der Waals surface area contributed by atoms with Crippen LogP contribution in [-0.2, 0) is 19.5 Å². The number of nitrogens with two attached hydrogens (primary N) is 1. The van der Waals surface area contributed by atoms with Crippen LogP contribution in [0.1, 0.15) is 36.7 Å². The van der Waals surface area contributed by atoms with Crippen molar-refractivity contribution in [2.24, 2.45) is 5.73 Å². The topological polar surface area (TPSA) is 75.4 Å². The van der Waals surface area contributed by atoms with Crippen molar-refractivity contribution in [3.8, 4) is 0 Å². The predicted octanol–water partition coefficient (Wildman–Crippen LogP) is 4.80. The molecule has 1 aromatic heterocycles. The van der Waals surface area contributed by atoms with Crippen molar-refractivity contribution in [2.45, 2.75) is 24.4 Å². The molecule has 0 saturated carbocycles. The number of thioether (sulfide) groups is 1. The van der Waals surface area contributed by atoms with E-state index in [1.54, 1.807) is 6.07 Å². The van der Waals surface area contributed by atoms with Gasteiger partial charge < -0.3 is 11.1 Å². The molecule has 31 heavy (non-hydrogen) atoms. The van der Waals surface area contributed by atoms with Gasteiger partial charge in [0.05, 0.1) is 11.1 Å². The van der Waals surface area contributed by atoms with E-state index in [9.17, 15) is 9.59 Å². The van der Waals surface area contributed by atoms with Crippen LogP contribution < -0.4 is 11.1 Å². The van der Waals surface area contributed by atoms with E-state index in [1.807, 2.05) is 42.7 Å². The fraction of sp³-hybridized carbons (Fsp3) is 0.217. The van der Waals surface area contributed by atoms with Gasteiger partial charge in [0, 0.05) is 29.4 Å². The number of rotatable bonds is 6. The van der Waals surface area contributed by atoms with E-state index in [0.717, 1.165) is 41.4 Å². The minimum Gasteiger partial charge on any atom is -0.365 e. The predicted molar refractivity (Wildman–Crippen MR) is 131 cm³/mol. The number of carbonyl (C=O) groups is 2. The molecule has 2 heterocycles. The van der Waals surface area contributed by atoms with E-state index in [0.29, 0.717) is 16.1 Å². The van der Waals surface area contributed by atoms with Gasteiger partial charge in [0.1, 0.15) is 5.00 Å². The molecule has 3 aromatic rings. The molecule has 1 aliphatic heterocycles. The second-order valence-electron chi connectivity index (χ2n) is 7.17. The summed E-state index contributed by atoms with van der Waals surface area (Å²) in [5.74, 6) is -0.709. The molecule has 2 aromatic carbocycles. The Hall–Kier alpha value is -2.32. The Morgan fingerprint density at radius 3 is 2.55 bits per heavy atom. The van der Waals surface area contributed by atoms with E-state index < -0.39 is 5.91 Å². The van der Waals surface area contributed by atoms with Gasteiger partial charge in [-0.1, -0.05) is 42.5 Å². The Morgan fingerprint density at radius 2 is 1.84 bits per heavy atom. The molecule has 0 spiro atoms. The summed E-state index contributed by atoms with van der Waals surface area (Å²) in [4.78, 5) is 29.5. The highest BCUT2D eigenvalue weighted by Crippen LogP contribution is 2.37. The van der Waals surface area contributed by atoms with Crippen LogP contribution in [0.2, 0.25) is 0 Å². The lowest BCUT2D eigenvalue weighted by atomic mass is 10.0. The number of hydrogen-bond donors (Lipinski definition) is 2. The van der Waals surface area contributed by atoms with Crippen LogP contribution in [0.25, 0.3) is 0 Å². The molecule has 0 unspecified atom stereocenters. The Balaban J connectivity index is 0.00000272. The maximum absolute atomic E-state index is 12.9. The third-order valence-corrected chi connectivity index (χ3v) is 7.14. The maximum atomic E-state index is 12.9. The molecule has 0 radical (unpaired) electrons. The lowest BCUT2D eigenvalue weighted by Crippen LogP contribution is -2.30. The lowest BCUT2D eigenvalue weighted by Gasteiger charge is -2.27. The lowest BCUT2D eigenvalue weighted by molar-refractivity contribution is 0.0999. The normalized spacial score (nSPS) is 13.2. The fourth-order valence-corrected chi connectivity index (χ4v) is 5.67. The van der Waals surface area contributed by atoms with Crippen molar-refractivity contribution < 1.29 is 9.59 Å². The number of carbonyl (C=O) groups excluding carboxylic acids is 2. The third kappa shape index (κ3) is 5.13. The average Bonchev–Trinajstić information content (AvgIpc) is 3.11. The number of halogens is 1. The molecular formula is C23H24ClN3O2S2. The number of primary amides is 1. The molecule has 3 N–H and O–H groups in total. The van der Waals surface area contributed by atoms with E-state index >= 15 is 0 Å². The van der Waals surface area contributed by atoms with Crippen molar-refractivity contribution in [2.75, 3.05) is 18.1 Å². The van der Waals surface area contributed by atoms with Crippen LogP contribution >= 0.6 is 35.5 Å². The zero-order chi connectivity index (χ0) is 21.1. The first-order valence-corrected chi connectivity index (χ1v) is 11.8. The van der Waals surface area contributed by atoms with E-state index in [-0.39, 0.29) is 18.3 Å². The second-order valence-corrected chi connectivity index (χ2v) is 9.13. The van der Waals surface area contributed by atoms with Crippen LogP contribution in [0.15, 0.2) is 59.5 Å². The largest absolute Gasteiger partial charge is 0.365 e. The van der Waals surface area contributed by atoms with E-state index in [2.05, 4.69) is 22.3 Å². The number of anilines is 1.